The Labute approximate surface area is 97.7 Å². The number of hydrogen-bond acceptors (Lipinski definition) is 3. The van der Waals surface area contributed by atoms with Crippen LogP contribution in [0.5, 0.6) is 0 Å². The molecule has 0 fully saturated rings. The Bertz CT molecular complexity index is 314. The van der Waals surface area contributed by atoms with E-state index in [0.29, 0.717) is 6.54 Å². The molecule has 1 rings (SSSR count). The second kappa shape index (κ2) is 5.34. The third-order valence-electron chi connectivity index (χ3n) is 2.40. The smallest absolute Gasteiger partial charge is 0.202 e. The van der Waals surface area contributed by atoms with Gasteiger partial charge in [-0.1, -0.05) is 20.8 Å². The van der Waals surface area contributed by atoms with Crippen LogP contribution in [0.25, 0.3) is 0 Å². The minimum atomic E-state index is -0.331. The molecule has 16 heavy (non-hydrogen) atoms. The first-order chi connectivity index (χ1) is 7.42. The zero-order valence-electron chi connectivity index (χ0n) is 10.7. The first-order valence-corrected chi connectivity index (χ1v) is 5.85. The maximum absolute atomic E-state index is 9.85. The molecule has 1 atom stereocenters. The van der Waals surface area contributed by atoms with Gasteiger partial charge in [0.1, 0.15) is 0 Å². The van der Waals surface area contributed by atoms with Gasteiger partial charge < -0.3 is 15.0 Å². The number of imidazole rings is 1. The van der Waals surface area contributed by atoms with Gasteiger partial charge in [0.05, 0.1) is 6.10 Å². The normalized spacial score (nSPS) is 13.8. The number of aliphatic hydroxyl groups excluding tert-OH is 1. The monoisotopic (exact) mass is 225 g/mol. The summed E-state index contributed by atoms with van der Waals surface area (Å²) >= 11 is 0. The molecular formula is C12H23N3O. The maximum atomic E-state index is 9.85. The predicted octanol–water partition coefficient (Wildman–Crippen LogP) is 2.11. The predicted molar refractivity (Wildman–Crippen MR) is 66.5 cm³/mol. The number of rotatable bonds is 5. The molecule has 0 saturated heterocycles. The van der Waals surface area contributed by atoms with E-state index in [1.54, 1.807) is 6.20 Å². The minimum absolute atomic E-state index is 0.154. The summed E-state index contributed by atoms with van der Waals surface area (Å²) in [5.41, 5.74) is 0.154. The third kappa shape index (κ3) is 4.23. The molecule has 0 aliphatic heterocycles. The molecule has 0 aromatic carbocycles. The van der Waals surface area contributed by atoms with Crippen LogP contribution in [0.1, 0.15) is 34.1 Å². The Morgan fingerprint density at radius 3 is 2.75 bits per heavy atom. The van der Waals surface area contributed by atoms with Crippen LogP contribution in [0.4, 0.5) is 5.95 Å². The van der Waals surface area contributed by atoms with Crippen LogP contribution in [0.15, 0.2) is 12.4 Å². The van der Waals surface area contributed by atoms with Crippen molar-refractivity contribution in [3.63, 3.8) is 0 Å². The van der Waals surface area contributed by atoms with Gasteiger partial charge in [0.15, 0.2) is 0 Å². The third-order valence-corrected chi connectivity index (χ3v) is 2.40. The molecule has 1 heterocycles. The first-order valence-electron chi connectivity index (χ1n) is 5.85. The fourth-order valence-corrected chi connectivity index (χ4v) is 1.72. The fraction of sp³-hybridized carbons (Fsp3) is 0.750. The molecule has 2 N–H and O–H groups in total. The van der Waals surface area contributed by atoms with E-state index in [9.17, 15) is 5.11 Å². The largest absolute Gasteiger partial charge is 0.391 e. The van der Waals surface area contributed by atoms with Crippen molar-refractivity contribution in [1.82, 2.24) is 9.55 Å². The summed E-state index contributed by atoms with van der Waals surface area (Å²) in [5.74, 6) is 0.829. The minimum Gasteiger partial charge on any atom is -0.391 e. The lowest BCUT2D eigenvalue weighted by Gasteiger charge is -2.22. The summed E-state index contributed by atoms with van der Waals surface area (Å²) in [4.78, 5) is 4.20. The molecule has 92 valence electrons. The molecule has 0 aliphatic carbocycles. The van der Waals surface area contributed by atoms with Crippen molar-refractivity contribution in [3.05, 3.63) is 12.4 Å². The fourth-order valence-electron chi connectivity index (χ4n) is 1.72. The summed E-state index contributed by atoms with van der Waals surface area (Å²) in [5, 5.41) is 13.0. The van der Waals surface area contributed by atoms with Crippen LogP contribution in [-0.2, 0) is 6.54 Å². The Morgan fingerprint density at radius 2 is 2.19 bits per heavy atom. The van der Waals surface area contributed by atoms with Gasteiger partial charge in [-0.15, -0.1) is 0 Å². The average Bonchev–Trinajstić information content (AvgIpc) is 2.59. The van der Waals surface area contributed by atoms with Gasteiger partial charge in [-0.25, -0.2) is 4.98 Å². The Balaban J connectivity index is 2.40. The summed E-state index contributed by atoms with van der Waals surface area (Å²) < 4.78 is 2.02. The van der Waals surface area contributed by atoms with Crippen LogP contribution < -0.4 is 5.32 Å². The van der Waals surface area contributed by atoms with E-state index < -0.39 is 0 Å². The Morgan fingerprint density at radius 1 is 1.50 bits per heavy atom. The van der Waals surface area contributed by atoms with Gasteiger partial charge in [0.2, 0.25) is 5.95 Å². The number of aliphatic hydroxyl groups is 1. The molecule has 4 nitrogen and oxygen atoms in total. The number of hydrogen-bond donors (Lipinski definition) is 2. The molecule has 0 spiro atoms. The van der Waals surface area contributed by atoms with Crippen LogP contribution >= 0.6 is 0 Å². The van der Waals surface area contributed by atoms with Gasteiger partial charge in [-0.2, -0.15) is 0 Å². The van der Waals surface area contributed by atoms with Gasteiger partial charge in [0, 0.05) is 25.5 Å². The second-order valence-corrected chi connectivity index (χ2v) is 5.34. The highest BCUT2D eigenvalue weighted by Gasteiger charge is 2.16. The highest BCUT2D eigenvalue weighted by Crippen LogP contribution is 2.20. The number of nitrogens with zero attached hydrogens (tertiary/aromatic N) is 2. The molecule has 0 amide bonds. The molecule has 4 heteroatoms. The molecule has 0 bridgehead atoms. The SMILES string of the molecule is CCn1ccnc1NCC(O)CC(C)(C)C. The lowest BCUT2D eigenvalue weighted by Crippen LogP contribution is -2.26. The second-order valence-electron chi connectivity index (χ2n) is 5.34. The molecule has 0 saturated carbocycles. The number of aryl methyl sites for hydroxylation is 1. The van der Waals surface area contributed by atoms with Crippen LogP contribution in [0, 0.1) is 5.41 Å². The van der Waals surface area contributed by atoms with E-state index in [0.717, 1.165) is 18.9 Å². The van der Waals surface area contributed by atoms with Crippen molar-refractivity contribution in [2.24, 2.45) is 5.41 Å². The quantitative estimate of drug-likeness (QED) is 0.807. The van der Waals surface area contributed by atoms with Crippen LogP contribution in [-0.4, -0.2) is 27.3 Å². The van der Waals surface area contributed by atoms with Crippen molar-refractivity contribution < 1.29 is 5.11 Å². The van der Waals surface area contributed by atoms with E-state index in [-0.39, 0.29) is 11.5 Å². The molecule has 0 radical (unpaired) electrons. The summed E-state index contributed by atoms with van der Waals surface area (Å²) in [7, 11) is 0. The highest BCUT2D eigenvalue weighted by atomic mass is 16.3. The highest BCUT2D eigenvalue weighted by molar-refractivity contribution is 5.25. The Hall–Kier alpha value is -1.03. The zero-order chi connectivity index (χ0) is 12.2. The van der Waals surface area contributed by atoms with Crippen LogP contribution in [0.2, 0.25) is 0 Å². The van der Waals surface area contributed by atoms with E-state index in [1.807, 2.05) is 10.8 Å². The summed E-state index contributed by atoms with van der Waals surface area (Å²) in [6.45, 7) is 9.89. The molecule has 1 aromatic heterocycles. The summed E-state index contributed by atoms with van der Waals surface area (Å²) in [6.07, 6.45) is 4.15. The van der Waals surface area contributed by atoms with Crippen molar-refractivity contribution in [1.29, 1.82) is 0 Å². The van der Waals surface area contributed by atoms with E-state index in [2.05, 4.69) is 38.0 Å². The van der Waals surface area contributed by atoms with Crippen molar-refractivity contribution >= 4 is 5.95 Å². The number of nitrogens with one attached hydrogen (secondary N) is 1. The van der Waals surface area contributed by atoms with E-state index >= 15 is 0 Å². The Kier molecular flexibility index (Phi) is 4.35. The zero-order valence-corrected chi connectivity index (χ0v) is 10.7. The maximum Gasteiger partial charge on any atom is 0.202 e. The van der Waals surface area contributed by atoms with Gasteiger partial charge in [-0.05, 0) is 18.8 Å². The topological polar surface area (TPSA) is 50.1 Å². The van der Waals surface area contributed by atoms with Crippen molar-refractivity contribution in [3.8, 4) is 0 Å². The van der Waals surface area contributed by atoms with Crippen molar-refractivity contribution in [2.45, 2.75) is 46.8 Å². The van der Waals surface area contributed by atoms with Gasteiger partial charge >= 0.3 is 0 Å². The standard InChI is InChI=1S/C12H23N3O/c1-5-15-7-6-13-11(15)14-9-10(16)8-12(2,3)4/h6-7,10,16H,5,8-9H2,1-4H3,(H,13,14). The van der Waals surface area contributed by atoms with Crippen LogP contribution in [0.3, 0.4) is 0 Å². The van der Waals surface area contributed by atoms with Crippen molar-refractivity contribution in [2.75, 3.05) is 11.9 Å². The van der Waals surface area contributed by atoms with E-state index in [4.69, 9.17) is 0 Å². The molecule has 1 unspecified atom stereocenters. The number of aromatic nitrogens is 2. The first kappa shape index (κ1) is 13.0. The van der Waals surface area contributed by atoms with Gasteiger partial charge in [0.25, 0.3) is 0 Å². The summed E-state index contributed by atoms with van der Waals surface area (Å²) in [6, 6.07) is 0. The lowest BCUT2D eigenvalue weighted by molar-refractivity contribution is 0.132. The lowest BCUT2D eigenvalue weighted by atomic mass is 9.89. The van der Waals surface area contributed by atoms with E-state index in [1.165, 1.54) is 0 Å². The molecule has 0 aliphatic rings. The van der Waals surface area contributed by atoms with Gasteiger partial charge in [-0.3, -0.25) is 0 Å². The number of anilines is 1. The molecular weight excluding hydrogens is 202 g/mol. The average molecular weight is 225 g/mol. The molecule has 1 aromatic rings.